The van der Waals surface area contributed by atoms with Crippen molar-refractivity contribution in [3.63, 3.8) is 0 Å². The van der Waals surface area contributed by atoms with E-state index in [2.05, 4.69) is 4.98 Å². The molecule has 28 heavy (non-hydrogen) atoms. The maximum atomic E-state index is 13.3. The lowest BCUT2D eigenvalue weighted by Gasteiger charge is -2.37. The Morgan fingerprint density at radius 1 is 1.21 bits per heavy atom. The van der Waals surface area contributed by atoms with E-state index in [1.54, 1.807) is 19.5 Å². The van der Waals surface area contributed by atoms with Gasteiger partial charge < -0.3 is 14.5 Å². The Balaban J connectivity index is 1.62. The number of likely N-dealkylation sites (tertiary alicyclic amines) is 1. The summed E-state index contributed by atoms with van der Waals surface area (Å²) in [6.07, 6.45) is 10.9. The second-order valence-electron chi connectivity index (χ2n) is 8.15. The van der Waals surface area contributed by atoms with Crippen LogP contribution in [0.15, 0.2) is 24.5 Å². The number of carbonyl (C=O) groups excluding carboxylic acids is 2. The highest BCUT2D eigenvalue weighted by atomic mass is 16.5. The van der Waals surface area contributed by atoms with Crippen LogP contribution in [0.3, 0.4) is 0 Å². The average Bonchev–Trinajstić information content (AvgIpc) is 2.73. The topological polar surface area (TPSA) is 62.7 Å². The minimum absolute atomic E-state index is 0.111. The lowest BCUT2D eigenvalue weighted by Crippen LogP contribution is -2.48. The number of aromatic nitrogens is 1. The van der Waals surface area contributed by atoms with E-state index in [9.17, 15) is 9.59 Å². The van der Waals surface area contributed by atoms with Gasteiger partial charge in [-0.3, -0.25) is 14.6 Å². The SMILES string of the molecule is COCCN(Cc1ccncc1)C(=O)[C@@H]1CCC(=O)N(CC2CCCCC2)C1. The number of hydrogen-bond donors (Lipinski definition) is 0. The monoisotopic (exact) mass is 387 g/mol. The Bertz CT molecular complexity index is 631. The molecule has 6 heteroatoms. The van der Waals surface area contributed by atoms with Gasteiger partial charge in [-0.2, -0.15) is 0 Å². The molecule has 0 N–H and O–H groups in total. The third kappa shape index (κ3) is 5.77. The fourth-order valence-corrected chi connectivity index (χ4v) is 4.41. The molecule has 2 fully saturated rings. The van der Waals surface area contributed by atoms with Crippen molar-refractivity contribution >= 4 is 11.8 Å². The minimum atomic E-state index is -0.111. The Kier molecular flexibility index (Phi) is 7.83. The third-order valence-corrected chi connectivity index (χ3v) is 6.05. The van der Waals surface area contributed by atoms with Crippen molar-refractivity contribution in [1.29, 1.82) is 0 Å². The van der Waals surface area contributed by atoms with Crippen molar-refractivity contribution < 1.29 is 14.3 Å². The quantitative estimate of drug-likeness (QED) is 0.688. The zero-order valence-corrected chi connectivity index (χ0v) is 17.0. The van der Waals surface area contributed by atoms with Crippen molar-refractivity contribution in [3.05, 3.63) is 30.1 Å². The predicted molar refractivity (Wildman–Crippen MR) is 107 cm³/mol. The van der Waals surface area contributed by atoms with Crippen LogP contribution in [-0.2, 0) is 20.9 Å². The van der Waals surface area contributed by atoms with Crippen LogP contribution in [0.25, 0.3) is 0 Å². The molecule has 0 spiro atoms. The third-order valence-electron chi connectivity index (χ3n) is 6.05. The molecule has 2 amide bonds. The van der Waals surface area contributed by atoms with Gasteiger partial charge in [0.25, 0.3) is 0 Å². The number of amides is 2. The predicted octanol–water partition coefficient (Wildman–Crippen LogP) is 2.88. The van der Waals surface area contributed by atoms with Crippen LogP contribution in [0.5, 0.6) is 0 Å². The average molecular weight is 388 g/mol. The molecule has 3 rings (SSSR count). The van der Waals surface area contributed by atoms with E-state index in [4.69, 9.17) is 4.74 Å². The van der Waals surface area contributed by atoms with Gasteiger partial charge in [0.05, 0.1) is 12.5 Å². The van der Waals surface area contributed by atoms with Crippen LogP contribution in [0.4, 0.5) is 0 Å². The van der Waals surface area contributed by atoms with Crippen molar-refractivity contribution in [3.8, 4) is 0 Å². The van der Waals surface area contributed by atoms with Crippen LogP contribution in [-0.4, -0.2) is 59.9 Å². The number of methoxy groups -OCH3 is 1. The molecule has 1 atom stereocenters. The maximum Gasteiger partial charge on any atom is 0.227 e. The number of rotatable bonds is 8. The van der Waals surface area contributed by atoms with Crippen LogP contribution in [0, 0.1) is 11.8 Å². The van der Waals surface area contributed by atoms with Gasteiger partial charge >= 0.3 is 0 Å². The smallest absolute Gasteiger partial charge is 0.227 e. The number of ether oxygens (including phenoxy) is 1. The first-order chi connectivity index (χ1) is 13.7. The van der Waals surface area contributed by atoms with Crippen LogP contribution >= 0.6 is 0 Å². The van der Waals surface area contributed by atoms with Gasteiger partial charge in [0.2, 0.25) is 11.8 Å². The first-order valence-electron chi connectivity index (χ1n) is 10.6. The van der Waals surface area contributed by atoms with E-state index in [0.717, 1.165) is 12.1 Å². The first-order valence-corrected chi connectivity index (χ1v) is 10.6. The zero-order chi connectivity index (χ0) is 19.8. The molecule has 2 aliphatic rings. The van der Waals surface area contributed by atoms with Gasteiger partial charge in [-0.25, -0.2) is 0 Å². The molecule has 0 bridgehead atoms. The second kappa shape index (κ2) is 10.6. The summed E-state index contributed by atoms with van der Waals surface area (Å²) < 4.78 is 5.22. The highest BCUT2D eigenvalue weighted by Gasteiger charge is 2.33. The molecule has 154 valence electrons. The largest absolute Gasteiger partial charge is 0.383 e. The first kappa shape index (κ1) is 20.8. The van der Waals surface area contributed by atoms with E-state index < -0.39 is 0 Å². The molecule has 0 radical (unpaired) electrons. The number of carbonyl (C=O) groups is 2. The highest BCUT2D eigenvalue weighted by Crippen LogP contribution is 2.27. The van der Waals surface area contributed by atoms with Crippen molar-refractivity contribution in [2.75, 3.05) is 33.4 Å². The van der Waals surface area contributed by atoms with Crippen LogP contribution in [0.1, 0.15) is 50.5 Å². The van der Waals surface area contributed by atoms with Gasteiger partial charge in [-0.1, -0.05) is 19.3 Å². The zero-order valence-electron chi connectivity index (χ0n) is 17.0. The fraction of sp³-hybridized carbons (Fsp3) is 0.682. The summed E-state index contributed by atoms with van der Waals surface area (Å²) in [4.78, 5) is 33.6. The number of hydrogen-bond acceptors (Lipinski definition) is 4. The van der Waals surface area contributed by atoms with E-state index in [-0.39, 0.29) is 17.7 Å². The molecule has 6 nitrogen and oxygen atoms in total. The molecule has 1 saturated carbocycles. The minimum Gasteiger partial charge on any atom is -0.383 e. The molecule has 0 unspecified atom stereocenters. The number of nitrogens with zero attached hydrogens (tertiary/aromatic N) is 3. The summed E-state index contributed by atoms with van der Waals surface area (Å²) in [5.74, 6) is 0.843. The second-order valence-corrected chi connectivity index (χ2v) is 8.15. The molecule has 2 heterocycles. The summed E-state index contributed by atoms with van der Waals surface area (Å²) >= 11 is 0. The van der Waals surface area contributed by atoms with Gasteiger partial charge in [-0.05, 0) is 42.9 Å². The van der Waals surface area contributed by atoms with Crippen molar-refractivity contribution in [2.24, 2.45) is 11.8 Å². The lowest BCUT2D eigenvalue weighted by molar-refractivity contribution is -0.144. The molecule has 0 aromatic carbocycles. The molecule has 1 aromatic heterocycles. The van der Waals surface area contributed by atoms with Gasteiger partial charge in [0.15, 0.2) is 0 Å². The summed E-state index contributed by atoms with van der Waals surface area (Å²) in [7, 11) is 1.65. The highest BCUT2D eigenvalue weighted by molar-refractivity contribution is 5.84. The molecular weight excluding hydrogens is 354 g/mol. The molecule has 1 aliphatic heterocycles. The summed E-state index contributed by atoms with van der Waals surface area (Å²) in [6, 6.07) is 3.87. The molecule has 1 aromatic rings. The van der Waals surface area contributed by atoms with Crippen molar-refractivity contribution in [2.45, 2.75) is 51.5 Å². The fourth-order valence-electron chi connectivity index (χ4n) is 4.41. The standard InChI is InChI=1S/C22H33N3O3/c1-28-14-13-24(15-19-9-11-23-12-10-19)22(27)20-7-8-21(26)25(17-20)16-18-5-3-2-4-6-18/h9-12,18,20H,2-8,13-17H2,1H3/t20-/m1/s1. The van der Waals surface area contributed by atoms with E-state index in [1.807, 2.05) is 21.9 Å². The summed E-state index contributed by atoms with van der Waals surface area (Å²) in [5.41, 5.74) is 1.06. The number of piperidine rings is 1. The molecular formula is C22H33N3O3. The molecule has 1 aliphatic carbocycles. The van der Waals surface area contributed by atoms with Gasteiger partial charge in [-0.15, -0.1) is 0 Å². The van der Waals surface area contributed by atoms with Crippen molar-refractivity contribution in [1.82, 2.24) is 14.8 Å². The van der Waals surface area contributed by atoms with E-state index >= 15 is 0 Å². The number of pyridine rings is 1. The molecule has 1 saturated heterocycles. The van der Waals surface area contributed by atoms with Gasteiger partial charge in [0.1, 0.15) is 0 Å². The lowest BCUT2D eigenvalue weighted by atomic mass is 9.87. The van der Waals surface area contributed by atoms with E-state index in [0.29, 0.717) is 45.0 Å². The Morgan fingerprint density at radius 2 is 1.96 bits per heavy atom. The normalized spacial score (nSPS) is 21.0. The summed E-state index contributed by atoms with van der Waals surface area (Å²) in [6.45, 7) is 3.01. The summed E-state index contributed by atoms with van der Waals surface area (Å²) in [5, 5.41) is 0. The van der Waals surface area contributed by atoms with Gasteiger partial charge in [0, 0.05) is 52.1 Å². The Morgan fingerprint density at radius 3 is 2.68 bits per heavy atom. The van der Waals surface area contributed by atoms with E-state index in [1.165, 1.54) is 32.1 Å². The maximum absolute atomic E-state index is 13.3. The Labute approximate surface area is 168 Å². The van der Waals surface area contributed by atoms with Crippen LogP contribution in [0.2, 0.25) is 0 Å². The Hall–Kier alpha value is -1.95. The van der Waals surface area contributed by atoms with Crippen LogP contribution < -0.4 is 0 Å².